The number of H-pyrrole nitrogens is 1. The van der Waals surface area contributed by atoms with Gasteiger partial charge in [0.2, 0.25) is 5.91 Å². The number of piperidine rings is 1. The number of benzene rings is 1. The zero-order valence-electron chi connectivity index (χ0n) is 17.5. The first-order valence-electron chi connectivity index (χ1n) is 10.2. The highest BCUT2D eigenvalue weighted by atomic mass is 35.5. The lowest BCUT2D eigenvalue weighted by molar-refractivity contribution is -0.199. The molecule has 1 aromatic carbocycles. The Bertz CT molecular complexity index is 1130. The predicted molar refractivity (Wildman–Crippen MR) is 117 cm³/mol. The Kier molecular flexibility index (Phi) is 6.33. The molecular weight excluding hydrogens is 464 g/mol. The highest BCUT2D eigenvalue weighted by Crippen LogP contribution is 2.37. The summed E-state index contributed by atoms with van der Waals surface area (Å²) in [6, 6.07) is 2.22. The van der Waals surface area contributed by atoms with Crippen LogP contribution in [0.5, 0.6) is 0 Å². The fourth-order valence-corrected chi connectivity index (χ4v) is 4.51. The molecule has 0 saturated carbocycles. The van der Waals surface area contributed by atoms with Crippen LogP contribution in [-0.4, -0.2) is 64.2 Å². The van der Waals surface area contributed by atoms with E-state index in [1.165, 1.54) is 17.3 Å². The van der Waals surface area contributed by atoms with Crippen LogP contribution in [0.15, 0.2) is 36.8 Å². The number of nitrogens with zero attached hydrogens (tertiary/aromatic N) is 4. The van der Waals surface area contributed by atoms with Crippen molar-refractivity contribution >= 4 is 40.0 Å². The maximum absolute atomic E-state index is 14.3. The lowest BCUT2D eigenvalue weighted by Gasteiger charge is -2.45. The third kappa shape index (κ3) is 4.82. The number of hydrogen-bond acceptors (Lipinski definition) is 5. The molecule has 176 valence electrons. The van der Waals surface area contributed by atoms with Gasteiger partial charge in [-0.3, -0.25) is 4.79 Å². The highest BCUT2D eigenvalue weighted by molar-refractivity contribution is 6.30. The Morgan fingerprint density at radius 1 is 1.33 bits per heavy atom. The number of carbonyl (C=O) groups is 1. The number of nitrogens with one attached hydrogen (secondary N) is 2. The van der Waals surface area contributed by atoms with Crippen LogP contribution >= 0.6 is 11.6 Å². The number of amides is 1. The predicted octanol–water partition coefficient (Wildman–Crippen LogP) is 4.22. The third-order valence-corrected chi connectivity index (χ3v) is 5.94. The van der Waals surface area contributed by atoms with Crippen molar-refractivity contribution in [1.29, 1.82) is 0 Å². The first kappa shape index (κ1) is 23.1. The van der Waals surface area contributed by atoms with Gasteiger partial charge in [-0.1, -0.05) is 11.6 Å². The van der Waals surface area contributed by atoms with E-state index in [0.717, 1.165) is 17.0 Å². The zero-order valence-corrected chi connectivity index (χ0v) is 18.3. The van der Waals surface area contributed by atoms with E-state index in [2.05, 4.69) is 20.3 Å². The maximum Gasteiger partial charge on any atom is 0.410 e. The molecule has 2 aromatic heterocycles. The molecule has 1 fully saturated rings. The van der Waals surface area contributed by atoms with E-state index in [9.17, 15) is 22.4 Å². The molecule has 7 nitrogen and oxygen atoms in total. The third-order valence-electron chi connectivity index (χ3n) is 5.73. The number of halogens is 5. The number of aromatic nitrogens is 3. The molecule has 0 radical (unpaired) electrons. The van der Waals surface area contributed by atoms with Crippen molar-refractivity contribution in [3.05, 3.63) is 47.6 Å². The van der Waals surface area contributed by atoms with Crippen LogP contribution in [0.2, 0.25) is 5.02 Å². The van der Waals surface area contributed by atoms with Gasteiger partial charge in [0.1, 0.15) is 29.7 Å². The van der Waals surface area contributed by atoms with E-state index in [4.69, 9.17) is 11.6 Å². The Morgan fingerprint density at radius 2 is 2.12 bits per heavy atom. The van der Waals surface area contributed by atoms with Crippen molar-refractivity contribution in [2.75, 3.05) is 30.4 Å². The molecule has 1 amide bonds. The standard InChI is InChI=1S/C21H21ClF4N6O/c1-31(20-15-4-5-27-19(15)29-11-30-20)16-3-2-6-32(18(16)21(24,25)26)17(33)10-28-14-8-12(22)7-13(23)9-14/h4-5,7-9,11,16,18,28H,2-3,6,10H2,1H3,(H,27,29,30). The average molecular weight is 485 g/mol. The molecule has 0 bridgehead atoms. The van der Waals surface area contributed by atoms with Gasteiger partial charge in [0, 0.05) is 30.5 Å². The maximum atomic E-state index is 14.3. The van der Waals surface area contributed by atoms with E-state index in [0.29, 0.717) is 23.3 Å². The Hall–Kier alpha value is -3.08. The van der Waals surface area contributed by atoms with Gasteiger partial charge in [0.25, 0.3) is 0 Å². The lowest BCUT2D eigenvalue weighted by Crippen LogP contribution is -2.63. The Labute approximate surface area is 191 Å². The molecule has 2 N–H and O–H groups in total. The molecule has 1 aliphatic rings. The molecule has 0 spiro atoms. The van der Waals surface area contributed by atoms with Crippen molar-refractivity contribution in [3.8, 4) is 0 Å². The summed E-state index contributed by atoms with van der Waals surface area (Å²) in [6.45, 7) is -0.472. The zero-order chi connectivity index (χ0) is 23.8. The minimum absolute atomic E-state index is 0.0394. The Balaban J connectivity index is 1.58. The molecule has 3 heterocycles. The average Bonchev–Trinajstić information content (AvgIpc) is 3.24. The second kappa shape index (κ2) is 9.05. The number of carbonyl (C=O) groups excluding carboxylic acids is 1. The van der Waals surface area contributed by atoms with Gasteiger partial charge in [0.15, 0.2) is 0 Å². The Morgan fingerprint density at radius 3 is 2.85 bits per heavy atom. The van der Waals surface area contributed by atoms with Crippen LogP contribution in [0, 0.1) is 5.82 Å². The molecule has 2 atom stereocenters. The molecular formula is C21H21ClF4N6O. The number of fused-ring (bicyclic) bond motifs is 1. The largest absolute Gasteiger partial charge is 0.410 e. The van der Waals surface area contributed by atoms with Gasteiger partial charge in [-0.2, -0.15) is 13.2 Å². The molecule has 4 rings (SSSR count). The first-order chi connectivity index (χ1) is 15.6. The number of aromatic amines is 1. The smallest absolute Gasteiger partial charge is 0.376 e. The van der Waals surface area contributed by atoms with E-state index in [1.807, 2.05) is 0 Å². The van der Waals surface area contributed by atoms with Crippen molar-refractivity contribution in [2.24, 2.45) is 0 Å². The topological polar surface area (TPSA) is 77.2 Å². The summed E-state index contributed by atoms with van der Waals surface area (Å²) in [5.41, 5.74) is 0.718. The van der Waals surface area contributed by atoms with Crippen molar-refractivity contribution in [3.63, 3.8) is 0 Å². The summed E-state index contributed by atoms with van der Waals surface area (Å²) in [7, 11) is 1.54. The molecule has 2 unspecified atom stereocenters. The molecule has 12 heteroatoms. The van der Waals surface area contributed by atoms with Gasteiger partial charge >= 0.3 is 6.18 Å². The molecule has 1 saturated heterocycles. The minimum atomic E-state index is -4.67. The minimum Gasteiger partial charge on any atom is -0.376 e. The summed E-state index contributed by atoms with van der Waals surface area (Å²) < 4.78 is 56.3. The summed E-state index contributed by atoms with van der Waals surface area (Å²) in [5.74, 6) is -1.01. The van der Waals surface area contributed by atoms with Crippen LogP contribution in [0.3, 0.4) is 0 Å². The van der Waals surface area contributed by atoms with Gasteiger partial charge < -0.3 is 20.1 Å². The van der Waals surface area contributed by atoms with Gasteiger partial charge in [-0.05, 0) is 37.1 Å². The molecule has 0 aliphatic carbocycles. The summed E-state index contributed by atoms with van der Waals surface area (Å²) >= 11 is 5.80. The van der Waals surface area contributed by atoms with Crippen molar-refractivity contribution in [2.45, 2.75) is 31.1 Å². The van der Waals surface area contributed by atoms with Gasteiger partial charge in [-0.15, -0.1) is 0 Å². The van der Waals surface area contributed by atoms with Crippen molar-refractivity contribution < 1.29 is 22.4 Å². The van der Waals surface area contributed by atoms with Crippen LogP contribution in [0.1, 0.15) is 12.8 Å². The van der Waals surface area contributed by atoms with E-state index < -0.39 is 36.5 Å². The normalized spacial score (nSPS) is 19.0. The van der Waals surface area contributed by atoms with Crippen LogP contribution in [-0.2, 0) is 4.79 Å². The number of rotatable bonds is 5. The monoisotopic (exact) mass is 484 g/mol. The van der Waals surface area contributed by atoms with Gasteiger partial charge in [0.05, 0.1) is 18.0 Å². The molecule has 33 heavy (non-hydrogen) atoms. The summed E-state index contributed by atoms with van der Waals surface area (Å²) in [6.07, 6.45) is -1.12. The van der Waals surface area contributed by atoms with E-state index >= 15 is 0 Å². The van der Waals surface area contributed by atoms with Crippen LogP contribution in [0.25, 0.3) is 11.0 Å². The fourth-order valence-electron chi connectivity index (χ4n) is 4.29. The number of anilines is 2. The van der Waals surface area contributed by atoms with E-state index in [-0.39, 0.29) is 23.7 Å². The first-order valence-corrected chi connectivity index (χ1v) is 10.6. The van der Waals surface area contributed by atoms with Crippen LogP contribution in [0.4, 0.5) is 29.1 Å². The summed E-state index contributed by atoms with van der Waals surface area (Å²) in [4.78, 5) is 26.4. The van der Waals surface area contributed by atoms with Gasteiger partial charge in [-0.25, -0.2) is 14.4 Å². The second-order valence-electron chi connectivity index (χ2n) is 7.84. The second-order valence-corrected chi connectivity index (χ2v) is 8.28. The summed E-state index contributed by atoms with van der Waals surface area (Å²) in [5, 5.41) is 3.37. The van der Waals surface area contributed by atoms with E-state index in [1.54, 1.807) is 19.3 Å². The highest BCUT2D eigenvalue weighted by Gasteiger charge is 2.52. The number of likely N-dealkylation sites (tertiary alicyclic amines) is 1. The molecule has 1 aliphatic heterocycles. The quantitative estimate of drug-likeness (QED) is 0.530. The SMILES string of the molecule is CN(c1ncnc2[nH]ccc12)C1CCCN(C(=O)CNc2cc(F)cc(Cl)c2)C1C(F)(F)F. The van der Waals surface area contributed by atoms with Crippen molar-refractivity contribution in [1.82, 2.24) is 19.9 Å². The number of likely N-dealkylation sites (N-methyl/N-ethyl adjacent to an activating group) is 1. The number of alkyl halides is 3. The lowest BCUT2D eigenvalue weighted by atomic mass is 9.93. The molecule has 3 aromatic rings. The van der Waals surface area contributed by atoms with Crippen LogP contribution < -0.4 is 10.2 Å². The fraction of sp³-hybridized carbons (Fsp3) is 0.381. The number of hydrogen-bond donors (Lipinski definition) is 2.